The van der Waals surface area contributed by atoms with Crippen LogP contribution in [0.4, 0.5) is 28.2 Å². The van der Waals surface area contributed by atoms with Gasteiger partial charge in [-0.2, -0.15) is 13.2 Å². The van der Waals surface area contributed by atoms with Gasteiger partial charge in [-0.25, -0.2) is 14.2 Å². The van der Waals surface area contributed by atoms with Crippen molar-refractivity contribution in [1.29, 1.82) is 0 Å². The van der Waals surface area contributed by atoms with Crippen molar-refractivity contribution < 1.29 is 31.9 Å². The smallest absolute Gasteiger partial charge is 0.417 e. The fourth-order valence-corrected chi connectivity index (χ4v) is 4.31. The number of anilines is 1. The van der Waals surface area contributed by atoms with Gasteiger partial charge >= 0.3 is 12.3 Å². The largest absolute Gasteiger partial charge is 0.446 e. The minimum absolute atomic E-state index is 0.00661. The second-order valence-corrected chi connectivity index (χ2v) is 8.10. The van der Waals surface area contributed by atoms with Crippen molar-refractivity contribution in [2.24, 2.45) is 0 Å². The Bertz CT molecular complexity index is 958. The van der Waals surface area contributed by atoms with Gasteiger partial charge in [0.2, 0.25) is 0 Å². The standard InChI is InChI=1S/C19H22F4N4O3S/c1-10(8-20)25-18(29)30-11-3-5-27(6-4-11)14-7-13(19(21,22)23)16-15(26-14)12(9-31-16)17(28)24-2/h7,9-11H,3-6,8H2,1-2H3,(H,24,28)(H,25,29)/t10-/m0/s1. The van der Waals surface area contributed by atoms with Crippen LogP contribution in [0.1, 0.15) is 35.7 Å². The summed E-state index contributed by atoms with van der Waals surface area (Å²) in [5, 5.41) is 6.14. The van der Waals surface area contributed by atoms with Crippen LogP contribution in [-0.2, 0) is 10.9 Å². The second-order valence-electron chi connectivity index (χ2n) is 7.22. The molecular weight excluding hydrogens is 440 g/mol. The van der Waals surface area contributed by atoms with E-state index in [1.807, 2.05) is 0 Å². The predicted octanol–water partition coefficient (Wildman–Crippen LogP) is 3.73. The average Bonchev–Trinajstić information content (AvgIpc) is 3.16. The van der Waals surface area contributed by atoms with Gasteiger partial charge in [-0.3, -0.25) is 4.79 Å². The van der Waals surface area contributed by atoms with Gasteiger partial charge in [0, 0.05) is 38.4 Å². The topological polar surface area (TPSA) is 83.6 Å². The maximum absolute atomic E-state index is 13.7. The van der Waals surface area contributed by atoms with Crippen LogP contribution in [-0.4, -0.2) is 55.9 Å². The van der Waals surface area contributed by atoms with E-state index in [-0.39, 0.29) is 21.6 Å². The predicted molar refractivity (Wildman–Crippen MR) is 108 cm³/mol. The summed E-state index contributed by atoms with van der Waals surface area (Å²) >= 11 is 0.827. The summed E-state index contributed by atoms with van der Waals surface area (Å²) in [5.41, 5.74) is -0.746. The number of hydrogen-bond acceptors (Lipinski definition) is 6. The summed E-state index contributed by atoms with van der Waals surface area (Å²) in [4.78, 5) is 29.8. The fourth-order valence-electron chi connectivity index (χ4n) is 3.29. The lowest BCUT2D eigenvalue weighted by Gasteiger charge is -2.33. The highest BCUT2D eigenvalue weighted by Gasteiger charge is 2.36. The second kappa shape index (κ2) is 9.25. The highest BCUT2D eigenvalue weighted by atomic mass is 32.1. The molecule has 0 aromatic carbocycles. The number of pyridine rings is 1. The van der Waals surface area contributed by atoms with Crippen LogP contribution in [0.2, 0.25) is 0 Å². The van der Waals surface area contributed by atoms with Gasteiger partial charge < -0.3 is 20.3 Å². The number of alkyl halides is 4. The van der Waals surface area contributed by atoms with Gasteiger partial charge in [0.25, 0.3) is 5.91 Å². The molecule has 3 heterocycles. The number of carbonyl (C=O) groups is 2. The van der Waals surface area contributed by atoms with E-state index in [0.29, 0.717) is 25.9 Å². The van der Waals surface area contributed by atoms with Crippen molar-refractivity contribution >= 4 is 39.4 Å². The summed E-state index contributed by atoms with van der Waals surface area (Å²) in [6.07, 6.45) is -5.00. The van der Waals surface area contributed by atoms with Gasteiger partial charge in [0.15, 0.2) is 0 Å². The minimum Gasteiger partial charge on any atom is -0.446 e. The lowest BCUT2D eigenvalue weighted by atomic mass is 10.1. The Hall–Kier alpha value is -2.63. The summed E-state index contributed by atoms with van der Waals surface area (Å²) in [6, 6.07) is 0.327. The van der Waals surface area contributed by atoms with E-state index in [4.69, 9.17) is 4.74 Å². The number of alkyl carbamates (subject to hydrolysis) is 1. The molecule has 2 aromatic heterocycles. The number of rotatable bonds is 5. The zero-order valence-electron chi connectivity index (χ0n) is 16.9. The first-order chi connectivity index (χ1) is 14.6. The number of halogens is 4. The molecule has 0 saturated carbocycles. The number of amides is 2. The van der Waals surface area contributed by atoms with Gasteiger partial charge in [-0.1, -0.05) is 0 Å². The highest BCUT2D eigenvalue weighted by Crippen LogP contribution is 2.40. The maximum Gasteiger partial charge on any atom is 0.417 e. The van der Waals surface area contributed by atoms with Crippen molar-refractivity contribution in [3.8, 4) is 0 Å². The average molecular weight is 462 g/mol. The number of carbonyl (C=O) groups excluding carboxylic acids is 2. The van der Waals surface area contributed by atoms with Crippen LogP contribution in [0.25, 0.3) is 10.2 Å². The Morgan fingerprint density at radius 1 is 1.35 bits per heavy atom. The van der Waals surface area contributed by atoms with Crippen LogP contribution in [0.15, 0.2) is 11.4 Å². The molecule has 0 spiro atoms. The van der Waals surface area contributed by atoms with E-state index in [1.165, 1.54) is 19.4 Å². The molecule has 12 heteroatoms. The number of ether oxygens (including phenoxy) is 1. The molecule has 1 aliphatic heterocycles. The third kappa shape index (κ3) is 5.17. The molecule has 1 saturated heterocycles. The first kappa shape index (κ1) is 23.0. The molecule has 3 rings (SSSR count). The molecule has 1 aliphatic rings. The van der Waals surface area contributed by atoms with Crippen LogP contribution in [0, 0.1) is 0 Å². The van der Waals surface area contributed by atoms with Gasteiger partial charge in [0.1, 0.15) is 18.6 Å². The first-order valence-electron chi connectivity index (χ1n) is 9.63. The lowest BCUT2D eigenvalue weighted by molar-refractivity contribution is -0.136. The van der Waals surface area contributed by atoms with Crippen LogP contribution in [0.3, 0.4) is 0 Å². The van der Waals surface area contributed by atoms with Crippen molar-refractivity contribution in [2.75, 3.05) is 31.7 Å². The maximum atomic E-state index is 13.7. The zero-order valence-corrected chi connectivity index (χ0v) is 17.7. The van der Waals surface area contributed by atoms with Crippen LogP contribution < -0.4 is 15.5 Å². The Labute approximate surface area is 179 Å². The van der Waals surface area contributed by atoms with Crippen LogP contribution >= 0.6 is 11.3 Å². The Morgan fingerprint density at radius 3 is 2.61 bits per heavy atom. The van der Waals surface area contributed by atoms with Crippen molar-refractivity contribution in [3.05, 3.63) is 22.6 Å². The molecule has 0 bridgehead atoms. The first-order valence-corrected chi connectivity index (χ1v) is 10.5. The van der Waals surface area contributed by atoms with Crippen molar-refractivity contribution in [2.45, 2.75) is 38.1 Å². The molecule has 0 unspecified atom stereocenters. The highest BCUT2D eigenvalue weighted by molar-refractivity contribution is 7.17. The lowest BCUT2D eigenvalue weighted by Crippen LogP contribution is -2.42. The van der Waals surface area contributed by atoms with E-state index in [9.17, 15) is 27.2 Å². The SMILES string of the molecule is CNC(=O)c1csc2c(C(F)(F)F)cc(N3CCC(OC(=O)N[C@@H](C)CF)CC3)nc12. The molecule has 170 valence electrons. The molecule has 1 atom stereocenters. The van der Waals surface area contributed by atoms with Crippen molar-refractivity contribution in [1.82, 2.24) is 15.6 Å². The normalized spacial score (nSPS) is 16.3. The summed E-state index contributed by atoms with van der Waals surface area (Å²) < 4.78 is 58.6. The molecule has 1 fully saturated rings. The Kier molecular flexibility index (Phi) is 6.87. The third-order valence-corrected chi connectivity index (χ3v) is 5.92. The number of fused-ring (bicyclic) bond motifs is 1. The molecule has 2 amide bonds. The quantitative estimate of drug-likeness (QED) is 0.662. The fraction of sp³-hybridized carbons (Fsp3) is 0.526. The number of nitrogens with zero attached hydrogens (tertiary/aromatic N) is 2. The molecule has 7 nitrogen and oxygen atoms in total. The zero-order chi connectivity index (χ0) is 22.8. The Balaban J connectivity index is 1.80. The summed E-state index contributed by atoms with van der Waals surface area (Å²) in [6.45, 7) is 1.41. The minimum atomic E-state index is -4.60. The Morgan fingerprint density at radius 2 is 2.03 bits per heavy atom. The molecule has 0 aliphatic carbocycles. The molecule has 31 heavy (non-hydrogen) atoms. The number of piperidine rings is 1. The van der Waals surface area contributed by atoms with E-state index in [0.717, 1.165) is 17.4 Å². The molecule has 0 radical (unpaired) electrons. The van der Waals surface area contributed by atoms with Crippen molar-refractivity contribution in [3.63, 3.8) is 0 Å². The number of nitrogens with one attached hydrogen (secondary N) is 2. The van der Waals surface area contributed by atoms with E-state index in [2.05, 4.69) is 15.6 Å². The van der Waals surface area contributed by atoms with E-state index >= 15 is 0 Å². The summed E-state index contributed by atoms with van der Waals surface area (Å²) in [5.74, 6) is -0.401. The number of aromatic nitrogens is 1. The van der Waals surface area contributed by atoms with E-state index < -0.39 is 42.6 Å². The molecule has 2 aromatic rings. The van der Waals surface area contributed by atoms with Gasteiger partial charge in [-0.15, -0.1) is 11.3 Å². The third-order valence-electron chi connectivity index (χ3n) is 4.92. The number of thiophene rings is 1. The molecular formula is C19H22F4N4O3S. The molecule has 2 N–H and O–H groups in total. The summed E-state index contributed by atoms with van der Waals surface area (Å²) in [7, 11) is 1.40. The van der Waals surface area contributed by atoms with Crippen LogP contribution in [0.5, 0.6) is 0 Å². The van der Waals surface area contributed by atoms with E-state index in [1.54, 1.807) is 4.90 Å². The van der Waals surface area contributed by atoms with Gasteiger partial charge in [-0.05, 0) is 13.0 Å². The number of hydrogen-bond donors (Lipinski definition) is 2. The monoisotopic (exact) mass is 462 g/mol. The van der Waals surface area contributed by atoms with Gasteiger partial charge in [0.05, 0.1) is 27.4 Å².